The van der Waals surface area contributed by atoms with Crippen molar-refractivity contribution in [3.63, 3.8) is 0 Å². The van der Waals surface area contributed by atoms with Crippen LogP contribution in [-0.2, 0) is 12.8 Å². The van der Waals surface area contributed by atoms with Crippen LogP contribution < -0.4 is 10.1 Å². The van der Waals surface area contributed by atoms with Crippen LogP contribution in [0.2, 0.25) is 0 Å². The summed E-state index contributed by atoms with van der Waals surface area (Å²) >= 11 is 0. The van der Waals surface area contributed by atoms with Gasteiger partial charge in [-0.15, -0.1) is 0 Å². The van der Waals surface area contributed by atoms with Crippen molar-refractivity contribution in [1.82, 2.24) is 10.2 Å². The molecule has 2 aromatic carbocycles. The number of hydrogen-bond acceptors (Lipinski definition) is 3. The van der Waals surface area contributed by atoms with Crippen LogP contribution >= 0.6 is 0 Å². The van der Waals surface area contributed by atoms with Gasteiger partial charge < -0.3 is 10.1 Å². The molecule has 1 heterocycles. The topological polar surface area (TPSA) is 24.5 Å². The zero-order chi connectivity index (χ0) is 15.9. The standard InChI is InChI=1S/C20H26N2O/c1-23-20-9-7-18(8-10-20)16-19(22-13-11-21-12-14-22)15-17-5-3-2-4-6-17/h2-10,19,21H,11-16H2,1H3. The maximum absolute atomic E-state index is 5.27. The van der Waals surface area contributed by atoms with Gasteiger partial charge in [0.15, 0.2) is 0 Å². The summed E-state index contributed by atoms with van der Waals surface area (Å²) in [5.74, 6) is 0.926. The van der Waals surface area contributed by atoms with Crippen LogP contribution in [0.1, 0.15) is 11.1 Å². The molecule has 3 heteroatoms. The van der Waals surface area contributed by atoms with Gasteiger partial charge >= 0.3 is 0 Å². The van der Waals surface area contributed by atoms with E-state index in [2.05, 4.69) is 64.8 Å². The van der Waals surface area contributed by atoms with E-state index in [1.54, 1.807) is 7.11 Å². The Labute approximate surface area is 139 Å². The Morgan fingerprint density at radius 3 is 2.13 bits per heavy atom. The number of rotatable bonds is 6. The van der Waals surface area contributed by atoms with Crippen molar-refractivity contribution in [2.75, 3.05) is 33.3 Å². The first-order chi connectivity index (χ1) is 11.3. The largest absolute Gasteiger partial charge is 0.497 e. The third-order valence-electron chi connectivity index (χ3n) is 4.61. The van der Waals surface area contributed by atoms with Crippen molar-refractivity contribution >= 4 is 0 Å². The molecule has 1 aliphatic heterocycles. The summed E-state index contributed by atoms with van der Waals surface area (Å²) in [5, 5.41) is 3.45. The van der Waals surface area contributed by atoms with Crippen LogP contribution in [0.15, 0.2) is 54.6 Å². The minimum atomic E-state index is 0.549. The zero-order valence-corrected chi connectivity index (χ0v) is 13.9. The quantitative estimate of drug-likeness (QED) is 0.888. The van der Waals surface area contributed by atoms with E-state index in [4.69, 9.17) is 4.74 Å². The predicted octanol–water partition coefficient (Wildman–Crippen LogP) is 2.75. The van der Waals surface area contributed by atoms with Crippen molar-refractivity contribution < 1.29 is 4.74 Å². The summed E-state index contributed by atoms with van der Waals surface area (Å²) in [4.78, 5) is 2.63. The fourth-order valence-corrected chi connectivity index (χ4v) is 3.30. The van der Waals surface area contributed by atoms with Crippen LogP contribution in [0.4, 0.5) is 0 Å². The van der Waals surface area contributed by atoms with Crippen molar-refractivity contribution in [2.24, 2.45) is 0 Å². The molecule has 1 fully saturated rings. The Morgan fingerprint density at radius 2 is 1.52 bits per heavy atom. The lowest BCUT2D eigenvalue weighted by Crippen LogP contribution is -2.49. The first-order valence-electron chi connectivity index (χ1n) is 8.47. The zero-order valence-electron chi connectivity index (χ0n) is 13.9. The van der Waals surface area contributed by atoms with Crippen molar-refractivity contribution in [3.05, 3.63) is 65.7 Å². The molecule has 0 aromatic heterocycles. The van der Waals surface area contributed by atoms with E-state index in [-0.39, 0.29) is 0 Å². The molecule has 3 nitrogen and oxygen atoms in total. The molecular formula is C20H26N2O. The Kier molecular flexibility index (Phi) is 5.67. The molecule has 1 N–H and O–H groups in total. The minimum absolute atomic E-state index is 0.549. The summed E-state index contributed by atoms with van der Waals surface area (Å²) in [7, 11) is 1.72. The molecule has 122 valence electrons. The minimum Gasteiger partial charge on any atom is -0.497 e. The highest BCUT2D eigenvalue weighted by Gasteiger charge is 2.21. The highest BCUT2D eigenvalue weighted by molar-refractivity contribution is 5.28. The molecule has 0 radical (unpaired) electrons. The lowest BCUT2D eigenvalue weighted by Gasteiger charge is -2.35. The van der Waals surface area contributed by atoms with E-state index < -0.39 is 0 Å². The molecule has 0 bridgehead atoms. The molecule has 1 saturated heterocycles. The number of piperazine rings is 1. The average Bonchev–Trinajstić information content (AvgIpc) is 2.63. The van der Waals surface area contributed by atoms with Gasteiger partial charge in [0.25, 0.3) is 0 Å². The van der Waals surface area contributed by atoms with E-state index in [0.717, 1.165) is 44.8 Å². The second-order valence-electron chi connectivity index (χ2n) is 6.18. The van der Waals surface area contributed by atoms with Gasteiger partial charge in [0.2, 0.25) is 0 Å². The Hall–Kier alpha value is -1.84. The molecule has 0 spiro atoms. The number of nitrogens with zero attached hydrogens (tertiary/aromatic N) is 1. The lowest BCUT2D eigenvalue weighted by atomic mass is 9.97. The van der Waals surface area contributed by atoms with Gasteiger partial charge in [0, 0.05) is 32.2 Å². The third-order valence-corrected chi connectivity index (χ3v) is 4.61. The lowest BCUT2D eigenvalue weighted by molar-refractivity contribution is 0.170. The highest BCUT2D eigenvalue weighted by Crippen LogP contribution is 2.18. The number of benzene rings is 2. The van der Waals surface area contributed by atoms with E-state index >= 15 is 0 Å². The molecule has 0 saturated carbocycles. The molecule has 1 unspecified atom stereocenters. The van der Waals surface area contributed by atoms with Crippen LogP contribution in [0, 0.1) is 0 Å². The Morgan fingerprint density at radius 1 is 0.913 bits per heavy atom. The van der Waals surface area contributed by atoms with E-state index in [9.17, 15) is 0 Å². The summed E-state index contributed by atoms with van der Waals surface area (Å²) in [6.07, 6.45) is 2.19. The van der Waals surface area contributed by atoms with Gasteiger partial charge in [-0.2, -0.15) is 0 Å². The van der Waals surface area contributed by atoms with Gasteiger partial charge in [-0.25, -0.2) is 0 Å². The van der Waals surface area contributed by atoms with Gasteiger partial charge in [0.1, 0.15) is 5.75 Å². The van der Waals surface area contributed by atoms with Crippen LogP contribution in [0.5, 0.6) is 5.75 Å². The van der Waals surface area contributed by atoms with Crippen LogP contribution in [0.3, 0.4) is 0 Å². The SMILES string of the molecule is COc1ccc(CC(Cc2ccccc2)N2CCNCC2)cc1. The molecular weight excluding hydrogens is 284 g/mol. The second kappa shape index (κ2) is 8.14. The third kappa shape index (κ3) is 4.57. The number of hydrogen-bond donors (Lipinski definition) is 1. The normalized spacial score (nSPS) is 16.9. The monoisotopic (exact) mass is 310 g/mol. The molecule has 1 atom stereocenters. The van der Waals surface area contributed by atoms with E-state index in [1.807, 2.05) is 0 Å². The first kappa shape index (κ1) is 16.0. The number of methoxy groups -OCH3 is 1. The highest BCUT2D eigenvalue weighted by atomic mass is 16.5. The Bertz CT molecular complexity index is 576. The molecule has 1 aliphatic rings. The number of nitrogens with one attached hydrogen (secondary N) is 1. The molecule has 3 rings (SSSR count). The summed E-state index contributed by atoms with van der Waals surface area (Å²) < 4.78 is 5.27. The maximum Gasteiger partial charge on any atom is 0.118 e. The van der Waals surface area contributed by atoms with Gasteiger partial charge in [-0.1, -0.05) is 42.5 Å². The van der Waals surface area contributed by atoms with Gasteiger partial charge in [0.05, 0.1) is 7.11 Å². The molecule has 0 aliphatic carbocycles. The summed E-state index contributed by atoms with van der Waals surface area (Å²) in [5.41, 5.74) is 2.80. The predicted molar refractivity (Wildman–Crippen MR) is 95.1 cm³/mol. The van der Waals surface area contributed by atoms with Gasteiger partial charge in [-0.05, 0) is 36.1 Å². The first-order valence-corrected chi connectivity index (χ1v) is 8.47. The fraction of sp³-hybridized carbons (Fsp3) is 0.400. The van der Waals surface area contributed by atoms with Gasteiger partial charge in [-0.3, -0.25) is 4.90 Å². The molecule has 2 aromatic rings. The molecule has 23 heavy (non-hydrogen) atoms. The fourth-order valence-electron chi connectivity index (χ4n) is 3.30. The molecule has 0 amide bonds. The second-order valence-corrected chi connectivity index (χ2v) is 6.18. The summed E-state index contributed by atoms with van der Waals surface area (Å²) in [6.45, 7) is 4.45. The maximum atomic E-state index is 5.27. The smallest absolute Gasteiger partial charge is 0.118 e. The Balaban J connectivity index is 1.73. The van der Waals surface area contributed by atoms with Crippen molar-refractivity contribution in [3.8, 4) is 5.75 Å². The van der Waals surface area contributed by atoms with Crippen molar-refractivity contribution in [1.29, 1.82) is 0 Å². The van der Waals surface area contributed by atoms with E-state index in [1.165, 1.54) is 11.1 Å². The van der Waals surface area contributed by atoms with Crippen molar-refractivity contribution in [2.45, 2.75) is 18.9 Å². The van der Waals surface area contributed by atoms with Crippen LogP contribution in [0.25, 0.3) is 0 Å². The summed E-state index contributed by atoms with van der Waals surface area (Å²) in [6, 6.07) is 19.9. The van der Waals surface area contributed by atoms with E-state index in [0.29, 0.717) is 6.04 Å². The average molecular weight is 310 g/mol. The van der Waals surface area contributed by atoms with Crippen LogP contribution in [-0.4, -0.2) is 44.2 Å². The number of ether oxygens (including phenoxy) is 1.